The fraction of sp³-hybridized carbons (Fsp3) is 0.577. The fourth-order valence-electron chi connectivity index (χ4n) is 4.79. The summed E-state index contributed by atoms with van der Waals surface area (Å²) in [5.41, 5.74) is 1.47. The van der Waals surface area contributed by atoms with Gasteiger partial charge in [0.2, 0.25) is 5.88 Å². The highest BCUT2D eigenvalue weighted by molar-refractivity contribution is 7.19. The number of hydrogen-bond donors (Lipinski definition) is 0. The van der Waals surface area contributed by atoms with Gasteiger partial charge in [0.1, 0.15) is 5.56 Å². The van der Waals surface area contributed by atoms with Crippen LogP contribution in [-0.4, -0.2) is 135 Å². The summed E-state index contributed by atoms with van der Waals surface area (Å²) in [6.45, 7) is 7.72. The van der Waals surface area contributed by atoms with Crippen molar-refractivity contribution in [3.63, 3.8) is 0 Å². The molecule has 0 radical (unpaired) electrons. The summed E-state index contributed by atoms with van der Waals surface area (Å²) in [4.78, 5) is 40.7. The lowest BCUT2D eigenvalue weighted by Crippen LogP contribution is -2.52. The van der Waals surface area contributed by atoms with Crippen molar-refractivity contribution in [2.45, 2.75) is 6.54 Å². The van der Waals surface area contributed by atoms with Crippen LogP contribution in [0.4, 0.5) is 10.6 Å². The number of piperazine rings is 1. The Bertz CT molecular complexity index is 1310. The Hall–Kier alpha value is -3.33. The summed E-state index contributed by atoms with van der Waals surface area (Å²) >= 11 is 1.72. The van der Waals surface area contributed by atoms with Gasteiger partial charge >= 0.3 is 12.0 Å². The number of amides is 2. The molecule has 0 aromatic carbocycles. The Morgan fingerprint density at radius 1 is 1.05 bits per heavy atom. The normalized spacial score (nSPS) is 16.4. The highest BCUT2D eigenvalue weighted by atomic mass is 32.1. The van der Waals surface area contributed by atoms with Crippen LogP contribution in [0.25, 0.3) is 21.6 Å². The van der Waals surface area contributed by atoms with E-state index in [0.717, 1.165) is 48.8 Å². The van der Waals surface area contributed by atoms with E-state index in [0.29, 0.717) is 56.7 Å². The molecule has 216 valence electrons. The molecule has 3 aromatic heterocycles. The maximum atomic E-state index is 12.7. The van der Waals surface area contributed by atoms with Gasteiger partial charge in [-0.15, -0.1) is 11.3 Å². The molecular formula is C26H36N8O5S. The van der Waals surface area contributed by atoms with Crippen molar-refractivity contribution in [2.24, 2.45) is 0 Å². The molecule has 40 heavy (non-hydrogen) atoms. The number of ether oxygens (including phenoxy) is 4. The standard InChI is InChI=1S/C26H36N8O5S/c1-31(9-12-36-2)26(35)34-7-5-32(6-8-34)17-18-15-20-21(40-18)23(33-10-13-39-14-11-33)29-22(28-20)19-16-27-25(38-4)30-24(19)37-3/h15-16H,5-14,17H2,1-4H3. The third-order valence-corrected chi connectivity index (χ3v) is 8.15. The van der Waals surface area contributed by atoms with E-state index in [-0.39, 0.29) is 12.0 Å². The Morgan fingerprint density at radius 3 is 2.52 bits per heavy atom. The SMILES string of the molecule is COCCN(C)C(=O)N1CCN(Cc2cc3nc(-c4cnc(OC)nc4OC)nc(N4CCOCC4)c3s2)CC1. The summed E-state index contributed by atoms with van der Waals surface area (Å²) < 4.78 is 22.4. The Labute approximate surface area is 237 Å². The number of anilines is 1. The maximum absolute atomic E-state index is 12.7. The lowest BCUT2D eigenvalue weighted by Gasteiger charge is -2.36. The number of likely N-dealkylation sites (N-methyl/N-ethyl adjacent to an activating group) is 1. The molecule has 0 bridgehead atoms. The van der Waals surface area contributed by atoms with Crippen LogP contribution in [0.5, 0.6) is 11.9 Å². The highest BCUT2D eigenvalue weighted by Gasteiger charge is 2.26. The van der Waals surface area contributed by atoms with Gasteiger partial charge in [0.15, 0.2) is 11.6 Å². The number of fused-ring (bicyclic) bond motifs is 1. The third kappa shape index (κ3) is 6.19. The van der Waals surface area contributed by atoms with Gasteiger partial charge in [-0.25, -0.2) is 19.7 Å². The number of urea groups is 1. The maximum Gasteiger partial charge on any atom is 0.319 e. The zero-order valence-corrected chi connectivity index (χ0v) is 24.3. The Morgan fingerprint density at radius 2 is 1.82 bits per heavy atom. The Kier molecular flexibility index (Phi) is 9.09. The average molecular weight is 573 g/mol. The number of rotatable bonds is 9. The molecule has 5 rings (SSSR count). The molecule has 2 fully saturated rings. The molecule has 0 unspecified atom stereocenters. The summed E-state index contributed by atoms with van der Waals surface area (Å²) in [5.74, 6) is 1.74. The van der Waals surface area contributed by atoms with Crippen molar-refractivity contribution < 1.29 is 23.7 Å². The van der Waals surface area contributed by atoms with Crippen molar-refractivity contribution >= 4 is 33.4 Å². The van der Waals surface area contributed by atoms with Gasteiger partial charge in [-0.1, -0.05) is 0 Å². The monoisotopic (exact) mass is 572 g/mol. The van der Waals surface area contributed by atoms with Crippen molar-refractivity contribution in [3.8, 4) is 23.3 Å². The molecule has 2 aliphatic heterocycles. The van der Waals surface area contributed by atoms with Gasteiger partial charge in [-0.05, 0) is 6.07 Å². The van der Waals surface area contributed by atoms with Gasteiger partial charge in [-0.2, -0.15) is 4.98 Å². The molecular weight excluding hydrogens is 536 g/mol. The zero-order valence-electron chi connectivity index (χ0n) is 23.5. The number of carbonyl (C=O) groups excluding carboxylic acids is 1. The number of hydrogen-bond acceptors (Lipinski definition) is 12. The van der Waals surface area contributed by atoms with Gasteiger partial charge in [0.05, 0.1) is 44.3 Å². The molecule has 2 amide bonds. The lowest BCUT2D eigenvalue weighted by atomic mass is 10.2. The summed E-state index contributed by atoms with van der Waals surface area (Å²) in [5, 5.41) is 0. The molecule has 2 saturated heterocycles. The molecule has 0 atom stereocenters. The molecule has 0 N–H and O–H groups in total. The second-order valence-electron chi connectivity index (χ2n) is 9.64. The second-order valence-corrected chi connectivity index (χ2v) is 10.8. The largest absolute Gasteiger partial charge is 0.480 e. The third-order valence-electron chi connectivity index (χ3n) is 7.04. The van der Waals surface area contributed by atoms with Crippen molar-refractivity contribution in [3.05, 3.63) is 17.1 Å². The van der Waals surface area contributed by atoms with Crippen molar-refractivity contribution in [1.29, 1.82) is 0 Å². The minimum Gasteiger partial charge on any atom is -0.480 e. The first kappa shape index (κ1) is 28.2. The van der Waals surface area contributed by atoms with Crippen LogP contribution in [0.2, 0.25) is 0 Å². The summed E-state index contributed by atoms with van der Waals surface area (Å²) in [6.07, 6.45) is 1.63. The first-order valence-corrected chi connectivity index (χ1v) is 14.1. The van der Waals surface area contributed by atoms with E-state index in [9.17, 15) is 4.79 Å². The number of methoxy groups -OCH3 is 3. The predicted octanol–water partition coefficient (Wildman–Crippen LogP) is 1.82. The minimum atomic E-state index is 0.0504. The van der Waals surface area contributed by atoms with E-state index in [1.807, 2.05) is 11.9 Å². The van der Waals surface area contributed by atoms with E-state index in [1.54, 1.807) is 36.7 Å². The van der Waals surface area contributed by atoms with Crippen LogP contribution >= 0.6 is 11.3 Å². The van der Waals surface area contributed by atoms with Gasteiger partial charge in [-0.3, -0.25) is 4.90 Å². The molecule has 0 aliphatic carbocycles. The first-order valence-electron chi connectivity index (χ1n) is 13.3. The topological polar surface area (TPSA) is 119 Å². The minimum absolute atomic E-state index is 0.0504. The molecule has 0 saturated carbocycles. The fourth-order valence-corrected chi connectivity index (χ4v) is 5.95. The molecule has 13 nitrogen and oxygen atoms in total. The predicted molar refractivity (Wildman–Crippen MR) is 151 cm³/mol. The van der Waals surface area contributed by atoms with Crippen LogP contribution < -0.4 is 14.4 Å². The van der Waals surface area contributed by atoms with E-state index in [4.69, 9.17) is 28.9 Å². The summed E-state index contributed by atoms with van der Waals surface area (Å²) in [7, 11) is 6.53. The van der Waals surface area contributed by atoms with Crippen LogP contribution in [0.15, 0.2) is 12.3 Å². The average Bonchev–Trinajstić information content (AvgIpc) is 3.41. The number of nitrogens with zero attached hydrogens (tertiary/aromatic N) is 8. The van der Waals surface area contributed by atoms with Gasteiger partial charge in [0, 0.05) is 77.6 Å². The van der Waals surface area contributed by atoms with E-state index >= 15 is 0 Å². The van der Waals surface area contributed by atoms with Gasteiger partial charge < -0.3 is 33.6 Å². The molecule has 2 aliphatic rings. The van der Waals surface area contributed by atoms with Crippen LogP contribution in [0.3, 0.4) is 0 Å². The number of carbonyl (C=O) groups is 1. The van der Waals surface area contributed by atoms with Crippen molar-refractivity contribution in [2.75, 3.05) is 98.9 Å². The Balaban J connectivity index is 1.37. The molecule has 3 aromatic rings. The van der Waals surface area contributed by atoms with E-state index in [2.05, 4.69) is 25.8 Å². The zero-order chi connectivity index (χ0) is 28.1. The summed E-state index contributed by atoms with van der Waals surface area (Å²) in [6, 6.07) is 2.41. The quantitative estimate of drug-likeness (QED) is 0.374. The first-order chi connectivity index (χ1) is 19.5. The van der Waals surface area contributed by atoms with E-state index < -0.39 is 0 Å². The number of aromatic nitrogens is 4. The van der Waals surface area contributed by atoms with Crippen LogP contribution in [0, 0.1) is 0 Å². The molecule has 14 heteroatoms. The molecule has 0 spiro atoms. The van der Waals surface area contributed by atoms with Crippen LogP contribution in [0.1, 0.15) is 4.88 Å². The molecule has 5 heterocycles. The number of thiophene rings is 1. The van der Waals surface area contributed by atoms with Crippen LogP contribution in [-0.2, 0) is 16.0 Å². The van der Waals surface area contributed by atoms with E-state index in [1.165, 1.54) is 12.0 Å². The number of morpholine rings is 1. The highest BCUT2D eigenvalue weighted by Crippen LogP contribution is 2.36. The second kappa shape index (κ2) is 12.9. The van der Waals surface area contributed by atoms with Crippen molar-refractivity contribution in [1.82, 2.24) is 34.6 Å². The van der Waals surface area contributed by atoms with Gasteiger partial charge in [0.25, 0.3) is 0 Å². The smallest absolute Gasteiger partial charge is 0.319 e. The lowest BCUT2D eigenvalue weighted by molar-refractivity contribution is 0.105.